The number of H-pyrrole nitrogens is 1. The number of carboxylic acids is 2. The van der Waals surface area contributed by atoms with Crippen molar-refractivity contribution in [2.24, 2.45) is 0 Å². The quantitative estimate of drug-likeness (QED) is 0.236. The Hall–Kier alpha value is -5.21. The number of urea groups is 1. The van der Waals surface area contributed by atoms with E-state index < -0.39 is 52.5 Å². The number of rotatable bonds is 6. The van der Waals surface area contributed by atoms with Crippen LogP contribution in [0.4, 0.5) is 28.0 Å². The summed E-state index contributed by atoms with van der Waals surface area (Å²) in [5, 5.41) is 22.5. The number of anilines is 1. The summed E-state index contributed by atoms with van der Waals surface area (Å²) in [6.45, 7) is -0.183. The summed E-state index contributed by atoms with van der Waals surface area (Å²) >= 11 is 0. The summed E-state index contributed by atoms with van der Waals surface area (Å²) in [6.07, 6.45) is -2.32. The van der Waals surface area contributed by atoms with Crippen molar-refractivity contribution in [3.63, 3.8) is 0 Å². The molecule has 2 aromatic carbocycles. The van der Waals surface area contributed by atoms with E-state index in [1.54, 1.807) is 0 Å². The van der Waals surface area contributed by atoms with E-state index in [0.717, 1.165) is 28.8 Å². The Kier molecular flexibility index (Phi) is 6.59. The van der Waals surface area contributed by atoms with Crippen molar-refractivity contribution in [1.82, 2.24) is 19.9 Å². The molecule has 4 aromatic rings. The maximum atomic E-state index is 14.0. The fraction of sp³-hybridized carbons (Fsp3) is 0.0870. The molecular formula is C23H15F4N5O6. The second kappa shape index (κ2) is 9.68. The van der Waals surface area contributed by atoms with Gasteiger partial charge in [0, 0.05) is 18.9 Å². The van der Waals surface area contributed by atoms with E-state index >= 15 is 0 Å². The number of benzene rings is 2. The maximum Gasteiger partial charge on any atom is 0.418 e. The van der Waals surface area contributed by atoms with Gasteiger partial charge in [-0.25, -0.2) is 23.8 Å². The van der Waals surface area contributed by atoms with Crippen molar-refractivity contribution < 1.29 is 42.2 Å². The number of halogens is 4. The largest absolute Gasteiger partial charge is 0.478 e. The molecule has 2 amide bonds. The monoisotopic (exact) mass is 533 g/mol. The first-order chi connectivity index (χ1) is 17.8. The molecule has 0 radical (unpaired) electrons. The lowest BCUT2D eigenvalue weighted by Crippen LogP contribution is -2.28. The van der Waals surface area contributed by atoms with Crippen molar-refractivity contribution >= 4 is 34.7 Å². The minimum Gasteiger partial charge on any atom is -0.478 e. The number of aromatic amines is 1. The Bertz CT molecular complexity index is 1660. The normalized spacial score (nSPS) is 11.4. The van der Waals surface area contributed by atoms with Crippen LogP contribution in [0.2, 0.25) is 0 Å². The minimum absolute atomic E-state index is 0.183. The van der Waals surface area contributed by atoms with Crippen molar-refractivity contribution in [3.8, 4) is 5.69 Å². The van der Waals surface area contributed by atoms with Crippen molar-refractivity contribution in [1.29, 1.82) is 0 Å². The molecule has 2 aromatic heterocycles. The van der Waals surface area contributed by atoms with Crippen LogP contribution in [0.25, 0.3) is 16.7 Å². The van der Waals surface area contributed by atoms with Crippen LogP contribution in [0.5, 0.6) is 0 Å². The highest BCUT2D eigenvalue weighted by Gasteiger charge is 2.35. The number of fused-ring (bicyclic) bond motifs is 1. The first kappa shape index (κ1) is 25.9. The fourth-order valence-electron chi connectivity index (χ4n) is 3.50. The molecule has 0 aliphatic heterocycles. The molecule has 15 heteroatoms. The molecule has 38 heavy (non-hydrogen) atoms. The van der Waals surface area contributed by atoms with E-state index in [-0.39, 0.29) is 28.8 Å². The second-order valence-corrected chi connectivity index (χ2v) is 7.84. The number of nitrogens with zero attached hydrogens (tertiary/aromatic N) is 2. The van der Waals surface area contributed by atoms with Gasteiger partial charge in [0.25, 0.3) is 5.56 Å². The molecule has 2 heterocycles. The zero-order chi connectivity index (χ0) is 27.8. The molecule has 0 fully saturated rings. The molecule has 0 saturated carbocycles. The van der Waals surface area contributed by atoms with Gasteiger partial charge in [-0.3, -0.25) is 4.79 Å². The predicted molar refractivity (Wildman–Crippen MR) is 123 cm³/mol. The third kappa shape index (κ3) is 5.30. The smallest absolute Gasteiger partial charge is 0.418 e. The molecule has 0 atom stereocenters. The van der Waals surface area contributed by atoms with Gasteiger partial charge in [0.1, 0.15) is 5.82 Å². The van der Waals surface area contributed by atoms with Crippen LogP contribution in [0.1, 0.15) is 32.0 Å². The summed E-state index contributed by atoms with van der Waals surface area (Å²) in [5.74, 6) is -3.99. The zero-order valence-corrected chi connectivity index (χ0v) is 18.8. The maximum absolute atomic E-state index is 14.0. The third-order valence-corrected chi connectivity index (χ3v) is 5.27. The predicted octanol–water partition coefficient (Wildman–Crippen LogP) is 3.59. The number of amides is 2. The molecule has 0 spiro atoms. The number of aromatic nitrogens is 3. The number of alkyl halides is 3. The van der Waals surface area contributed by atoms with Gasteiger partial charge in [-0.2, -0.15) is 13.2 Å². The van der Waals surface area contributed by atoms with Crippen LogP contribution in [0, 0.1) is 5.82 Å². The van der Waals surface area contributed by atoms with Gasteiger partial charge < -0.3 is 30.4 Å². The van der Waals surface area contributed by atoms with Crippen LogP contribution in [-0.4, -0.2) is 42.7 Å². The highest BCUT2D eigenvalue weighted by Crippen LogP contribution is 2.36. The standard InChI is InChI=1S/C23H15F4N5O6/c24-13-5-11(20(34)35)1-2-14(13)31-22(38)28-8-10-3-4-32(9-10)17-7-16-15(6-12(17)23(25,26)27)30-19(33)18(29-16)21(36)37/h1-7,9H,8H2,(H,30,33)(H,34,35)(H,36,37)(H2,28,31,38). The van der Waals surface area contributed by atoms with E-state index in [2.05, 4.69) is 20.6 Å². The molecule has 196 valence electrons. The van der Waals surface area contributed by atoms with Crippen LogP contribution < -0.4 is 16.2 Å². The molecule has 4 rings (SSSR count). The topological polar surface area (TPSA) is 166 Å². The number of carbonyl (C=O) groups is 3. The third-order valence-electron chi connectivity index (χ3n) is 5.27. The zero-order valence-electron chi connectivity index (χ0n) is 18.8. The summed E-state index contributed by atoms with van der Waals surface area (Å²) in [6, 6.07) is 5.01. The number of carboxylic acid groups (broad SMARTS) is 2. The average molecular weight is 533 g/mol. The van der Waals surface area contributed by atoms with Gasteiger partial charge in [-0.1, -0.05) is 0 Å². The van der Waals surface area contributed by atoms with Crippen molar-refractivity contribution in [3.05, 3.63) is 87.3 Å². The highest BCUT2D eigenvalue weighted by molar-refractivity contribution is 5.92. The van der Waals surface area contributed by atoms with Gasteiger partial charge in [-0.15, -0.1) is 0 Å². The van der Waals surface area contributed by atoms with E-state index in [4.69, 9.17) is 10.2 Å². The molecule has 5 N–H and O–H groups in total. The van der Waals surface area contributed by atoms with Crippen LogP contribution in [-0.2, 0) is 12.7 Å². The Labute approximate surface area is 208 Å². The number of carbonyl (C=O) groups excluding carboxylic acids is 1. The summed E-state index contributed by atoms with van der Waals surface area (Å²) in [5.41, 5.74) is -4.38. The second-order valence-electron chi connectivity index (χ2n) is 7.84. The van der Waals surface area contributed by atoms with Crippen molar-refractivity contribution in [2.45, 2.75) is 12.7 Å². The van der Waals surface area contributed by atoms with Crippen molar-refractivity contribution in [2.75, 3.05) is 5.32 Å². The summed E-state index contributed by atoms with van der Waals surface area (Å²) in [7, 11) is 0. The lowest BCUT2D eigenvalue weighted by molar-refractivity contribution is -0.137. The molecule has 0 saturated heterocycles. The SMILES string of the molecule is O=C(NCc1ccn(-c2cc3nc(C(=O)O)c(=O)[nH]c3cc2C(F)(F)F)c1)Nc1ccc(C(=O)O)cc1F. The molecule has 0 bridgehead atoms. The van der Waals surface area contributed by atoms with Crippen LogP contribution in [0.15, 0.2) is 53.6 Å². The highest BCUT2D eigenvalue weighted by atomic mass is 19.4. The number of aromatic carboxylic acids is 2. The summed E-state index contributed by atoms with van der Waals surface area (Å²) < 4.78 is 56.5. The Morgan fingerprint density at radius 3 is 2.42 bits per heavy atom. The van der Waals surface area contributed by atoms with Gasteiger partial charge in [0.15, 0.2) is 0 Å². The molecular weight excluding hydrogens is 518 g/mol. The van der Waals surface area contributed by atoms with Gasteiger partial charge in [0.05, 0.1) is 33.5 Å². The van der Waals surface area contributed by atoms with Crippen LogP contribution in [0.3, 0.4) is 0 Å². The average Bonchev–Trinajstić information content (AvgIpc) is 3.31. The lowest BCUT2D eigenvalue weighted by atomic mass is 10.1. The Morgan fingerprint density at radius 2 is 1.79 bits per heavy atom. The fourth-order valence-corrected chi connectivity index (χ4v) is 3.50. The van der Waals surface area contributed by atoms with E-state index in [0.29, 0.717) is 11.6 Å². The van der Waals surface area contributed by atoms with Gasteiger partial charge in [0.2, 0.25) is 5.69 Å². The first-order valence-corrected chi connectivity index (χ1v) is 10.5. The molecule has 0 unspecified atom stereocenters. The minimum atomic E-state index is -4.85. The van der Waals surface area contributed by atoms with E-state index in [1.807, 2.05) is 0 Å². The van der Waals surface area contributed by atoms with Gasteiger partial charge in [-0.05, 0) is 42.0 Å². The van der Waals surface area contributed by atoms with E-state index in [1.165, 1.54) is 18.5 Å². The number of hydrogen-bond acceptors (Lipinski definition) is 5. The molecule has 11 nitrogen and oxygen atoms in total. The lowest BCUT2D eigenvalue weighted by Gasteiger charge is -2.15. The van der Waals surface area contributed by atoms with Gasteiger partial charge >= 0.3 is 24.1 Å². The molecule has 0 aliphatic rings. The summed E-state index contributed by atoms with van der Waals surface area (Å²) in [4.78, 5) is 51.8. The molecule has 0 aliphatic carbocycles. The Morgan fingerprint density at radius 1 is 1.05 bits per heavy atom. The van der Waals surface area contributed by atoms with E-state index in [9.17, 15) is 36.7 Å². The van der Waals surface area contributed by atoms with Crippen LogP contribution >= 0.6 is 0 Å². The first-order valence-electron chi connectivity index (χ1n) is 10.5. The number of hydrogen-bond donors (Lipinski definition) is 5. The Balaban J connectivity index is 1.57. The number of nitrogens with one attached hydrogen (secondary N) is 3.